The lowest BCUT2D eigenvalue weighted by molar-refractivity contribution is 0.0998. The van der Waals surface area contributed by atoms with Gasteiger partial charge in [-0.25, -0.2) is 4.98 Å². The van der Waals surface area contributed by atoms with Gasteiger partial charge in [-0.1, -0.05) is 6.92 Å². The number of nitrogens with one attached hydrogen (secondary N) is 1. The highest BCUT2D eigenvalue weighted by Crippen LogP contribution is 2.31. The third-order valence-corrected chi connectivity index (χ3v) is 5.83. The number of aryl methyl sites for hydroxylation is 1. The Labute approximate surface area is 155 Å². The van der Waals surface area contributed by atoms with Crippen molar-refractivity contribution in [2.75, 3.05) is 25.5 Å². The molecule has 1 aliphatic heterocycles. The van der Waals surface area contributed by atoms with Gasteiger partial charge in [0, 0.05) is 35.3 Å². The molecule has 1 N–H and O–H groups in total. The van der Waals surface area contributed by atoms with E-state index in [1.54, 1.807) is 18.4 Å². The summed E-state index contributed by atoms with van der Waals surface area (Å²) in [5.41, 5.74) is 2.57. The molecule has 4 rings (SSSR count). The maximum absolute atomic E-state index is 12.7. The minimum Gasteiger partial charge on any atom is -0.497 e. The molecule has 7 heteroatoms. The van der Waals surface area contributed by atoms with Crippen LogP contribution in [0.15, 0.2) is 22.6 Å². The van der Waals surface area contributed by atoms with Crippen LogP contribution in [0.1, 0.15) is 33.6 Å². The third kappa shape index (κ3) is 2.97. The molecule has 1 aliphatic rings. The average molecular weight is 371 g/mol. The number of thiazole rings is 1. The Hall–Kier alpha value is -2.38. The highest BCUT2D eigenvalue weighted by atomic mass is 32.1. The Kier molecular flexibility index (Phi) is 4.42. The number of methoxy groups -OCH3 is 1. The summed E-state index contributed by atoms with van der Waals surface area (Å²) < 4.78 is 11.0. The largest absolute Gasteiger partial charge is 0.497 e. The zero-order valence-electron chi connectivity index (χ0n) is 15.1. The smallest absolute Gasteiger partial charge is 0.293 e. The number of ether oxygens (including phenoxy) is 1. The summed E-state index contributed by atoms with van der Waals surface area (Å²) in [6, 6.07) is 5.52. The van der Waals surface area contributed by atoms with Gasteiger partial charge in [-0.3, -0.25) is 15.0 Å². The maximum atomic E-state index is 12.7. The zero-order valence-corrected chi connectivity index (χ0v) is 15.9. The van der Waals surface area contributed by atoms with Gasteiger partial charge in [0.2, 0.25) is 0 Å². The number of hydrogen-bond donors (Lipinski definition) is 1. The van der Waals surface area contributed by atoms with Crippen molar-refractivity contribution in [1.29, 1.82) is 0 Å². The van der Waals surface area contributed by atoms with Crippen LogP contribution >= 0.6 is 11.3 Å². The van der Waals surface area contributed by atoms with E-state index in [0.29, 0.717) is 16.5 Å². The van der Waals surface area contributed by atoms with Crippen LogP contribution in [0, 0.1) is 6.92 Å². The molecule has 0 bridgehead atoms. The number of hydrogen-bond acceptors (Lipinski definition) is 6. The molecular weight excluding hydrogens is 350 g/mol. The third-order valence-electron chi connectivity index (χ3n) is 4.83. The highest BCUT2D eigenvalue weighted by molar-refractivity contribution is 7.15. The number of furan rings is 1. The Morgan fingerprint density at radius 3 is 3.08 bits per heavy atom. The van der Waals surface area contributed by atoms with Crippen molar-refractivity contribution in [3.05, 3.63) is 40.1 Å². The molecule has 3 aromatic rings. The first-order valence-corrected chi connectivity index (χ1v) is 9.50. The van der Waals surface area contributed by atoms with Gasteiger partial charge in [0.15, 0.2) is 10.9 Å². The monoisotopic (exact) mass is 371 g/mol. The molecule has 0 aliphatic carbocycles. The Bertz CT molecular complexity index is 976. The van der Waals surface area contributed by atoms with Crippen LogP contribution in [-0.2, 0) is 13.0 Å². The van der Waals surface area contributed by atoms with Crippen molar-refractivity contribution >= 4 is 33.3 Å². The van der Waals surface area contributed by atoms with Crippen LogP contribution in [0.5, 0.6) is 5.75 Å². The van der Waals surface area contributed by atoms with Gasteiger partial charge in [0.25, 0.3) is 5.91 Å². The fraction of sp³-hybridized carbons (Fsp3) is 0.368. The summed E-state index contributed by atoms with van der Waals surface area (Å²) in [5, 5.41) is 4.42. The van der Waals surface area contributed by atoms with Crippen molar-refractivity contribution < 1.29 is 13.9 Å². The summed E-state index contributed by atoms with van der Waals surface area (Å²) >= 11 is 1.55. The van der Waals surface area contributed by atoms with Crippen molar-refractivity contribution in [1.82, 2.24) is 9.88 Å². The van der Waals surface area contributed by atoms with E-state index in [1.807, 2.05) is 25.1 Å². The van der Waals surface area contributed by atoms with Crippen molar-refractivity contribution in [2.24, 2.45) is 0 Å². The first kappa shape index (κ1) is 17.1. The molecule has 3 heterocycles. The Morgan fingerprint density at radius 2 is 2.31 bits per heavy atom. The molecule has 1 amide bonds. The van der Waals surface area contributed by atoms with Gasteiger partial charge in [-0.15, -0.1) is 11.3 Å². The fourth-order valence-corrected chi connectivity index (χ4v) is 4.31. The van der Waals surface area contributed by atoms with Crippen LogP contribution in [0.2, 0.25) is 0 Å². The molecule has 26 heavy (non-hydrogen) atoms. The SMILES string of the molecule is CCN1CCc2nc(NC(=O)c3oc4ccc(OC)cc4c3C)sc2C1. The number of aromatic nitrogens is 1. The van der Waals surface area contributed by atoms with E-state index in [1.165, 1.54) is 4.88 Å². The lowest BCUT2D eigenvalue weighted by Gasteiger charge is -2.23. The lowest BCUT2D eigenvalue weighted by Crippen LogP contribution is -2.29. The molecule has 0 atom stereocenters. The van der Waals surface area contributed by atoms with Crippen LogP contribution in [0.3, 0.4) is 0 Å². The van der Waals surface area contributed by atoms with Gasteiger partial charge < -0.3 is 9.15 Å². The summed E-state index contributed by atoms with van der Waals surface area (Å²) in [5.74, 6) is 0.786. The molecule has 6 nitrogen and oxygen atoms in total. The van der Waals surface area contributed by atoms with Crippen molar-refractivity contribution in [2.45, 2.75) is 26.8 Å². The fourth-order valence-electron chi connectivity index (χ4n) is 3.27. The van der Waals surface area contributed by atoms with Crippen LogP contribution in [0.25, 0.3) is 11.0 Å². The first-order valence-electron chi connectivity index (χ1n) is 8.68. The summed E-state index contributed by atoms with van der Waals surface area (Å²) in [6.07, 6.45) is 0.930. The standard InChI is InChI=1S/C19H21N3O3S/c1-4-22-8-7-14-16(10-22)26-19(20-14)21-18(23)17-11(2)13-9-12(24-3)5-6-15(13)25-17/h5-6,9H,4,7-8,10H2,1-3H3,(H,20,21,23). The van der Waals surface area contributed by atoms with E-state index >= 15 is 0 Å². The maximum Gasteiger partial charge on any atom is 0.293 e. The predicted octanol–water partition coefficient (Wildman–Crippen LogP) is 3.84. The van der Waals surface area contributed by atoms with Crippen molar-refractivity contribution in [3.63, 3.8) is 0 Å². The Morgan fingerprint density at radius 1 is 1.46 bits per heavy atom. The van der Waals surface area contributed by atoms with Crippen LogP contribution < -0.4 is 10.1 Å². The van der Waals surface area contributed by atoms with E-state index < -0.39 is 0 Å². The zero-order chi connectivity index (χ0) is 18.3. The minimum atomic E-state index is -0.267. The minimum absolute atomic E-state index is 0.267. The average Bonchev–Trinajstić information content (AvgIpc) is 3.21. The van der Waals surface area contributed by atoms with E-state index in [0.717, 1.165) is 48.4 Å². The summed E-state index contributed by atoms with van der Waals surface area (Å²) in [4.78, 5) is 20.9. The first-order chi connectivity index (χ1) is 12.6. The molecule has 0 unspecified atom stereocenters. The van der Waals surface area contributed by atoms with Gasteiger partial charge in [0.05, 0.1) is 12.8 Å². The molecule has 136 valence electrons. The second-order valence-electron chi connectivity index (χ2n) is 6.38. The Balaban J connectivity index is 1.58. The van der Waals surface area contributed by atoms with Gasteiger partial charge >= 0.3 is 0 Å². The lowest BCUT2D eigenvalue weighted by atomic mass is 10.1. The predicted molar refractivity (Wildman–Crippen MR) is 102 cm³/mol. The van der Waals surface area contributed by atoms with E-state index in [9.17, 15) is 4.79 Å². The number of nitrogens with zero attached hydrogens (tertiary/aromatic N) is 2. The number of carbonyl (C=O) groups is 1. The highest BCUT2D eigenvalue weighted by Gasteiger charge is 2.23. The van der Waals surface area contributed by atoms with E-state index in [-0.39, 0.29) is 5.91 Å². The number of benzene rings is 1. The van der Waals surface area contributed by atoms with Gasteiger partial charge in [0.1, 0.15) is 11.3 Å². The van der Waals surface area contributed by atoms with E-state index in [4.69, 9.17) is 9.15 Å². The number of carbonyl (C=O) groups excluding carboxylic acids is 1. The molecule has 0 saturated carbocycles. The number of likely N-dealkylation sites (N-methyl/N-ethyl adjacent to an activating group) is 1. The molecular formula is C19H21N3O3S. The van der Waals surface area contributed by atoms with Crippen LogP contribution in [0.4, 0.5) is 5.13 Å². The summed E-state index contributed by atoms with van der Waals surface area (Å²) in [6.45, 7) is 6.99. The molecule has 0 saturated heterocycles. The molecule has 1 aromatic carbocycles. The number of rotatable bonds is 4. The summed E-state index contributed by atoms with van der Waals surface area (Å²) in [7, 11) is 1.62. The second kappa shape index (κ2) is 6.74. The molecule has 0 radical (unpaired) electrons. The van der Waals surface area contributed by atoms with E-state index in [2.05, 4.69) is 22.1 Å². The number of amides is 1. The number of anilines is 1. The topological polar surface area (TPSA) is 67.6 Å². The van der Waals surface area contributed by atoms with Gasteiger partial charge in [-0.05, 0) is 31.7 Å². The van der Waals surface area contributed by atoms with Crippen molar-refractivity contribution in [3.8, 4) is 5.75 Å². The number of fused-ring (bicyclic) bond motifs is 2. The molecule has 0 fully saturated rings. The molecule has 0 spiro atoms. The van der Waals surface area contributed by atoms with Crippen LogP contribution in [-0.4, -0.2) is 36.0 Å². The molecule has 2 aromatic heterocycles. The van der Waals surface area contributed by atoms with Gasteiger partial charge in [-0.2, -0.15) is 0 Å². The normalized spacial score (nSPS) is 14.4. The second-order valence-corrected chi connectivity index (χ2v) is 7.46. The quantitative estimate of drug-likeness (QED) is 0.755.